The van der Waals surface area contributed by atoms with E-state index in [1.807, 2.05) is 6.92 Å². The van der Waals surface area contributed by atoms with E-state index < -0.39 is 0 Å². The van der Waals surface area contributed by atoms with Gasteiger partial charge in [0.15, 0.2) is 0 Å². The van der Waals surface area contributed by atoms with Crippen molar-refractivity contribution in [3.8, 4) is 0 Å². The number of hydroxylamine groups is 1. The molecule has 0 heterocycles. The van der Waals surface area contributed by atoms with Gasteiger partial charge in [0.05, 0.1) is 12.6 Å². The Kier molecular flexibility index (Phi) is 8.51. The van der Waals surface area contributed by atoms with Gasteiger partial charge in [-0.2, -0.15) is 0 Å². The number of unbranched alkanes of at least 4 members (excludes halogenated alkanes) is 1. The van der Waals surface area contributed by atoms with Gasteiger partial charge in [0.1, 0.15) is 0 Å². The summed E-state index contributed by atoms with van der Waals surface area (Å²) in [6, 6.07) is -0.206. The molecule has 0 aliphatic rings. The van der Waals surface area contributed by atoms with Crippen LogP contribution in [0.25, 0.3) is 0 Å². The lowest BCUT2D eigenvalue weighted by Gasteiger charge is -2.11. The van der Waals surface area contributed by atoms with Crippen LogP contribution in [0.3, 0.4) is 0 Å². The number of nitrogens with two attached hydrogens (primary N) is 1. The Morgan fingerprint density at radius 2 is 2.21 bits per heavy atom. The summed E-state index contributed by atoms with van der Waals surface area (Å²) in [7, 11) is 1.74. The fraction of sp³-hybridized carbons (Fsp3) is 0.889. The second-order valence-electron chi connectivity index (χ2n) is 3.07. The van der Waals surface area contributed by atoms with Crippen LogP contribution in [0, 0.1) is 0 Å². The molecular weight excluding hydrogens is 182 g/mol. The summed E-state index contributed by atoms with van der Waals surface area (Å²) < 4.78 is 0. The molecule has 0 spiro atoms. The van der Waals surface area contributed by atoms with Gasteiger partial charge in [0.2, 0.25) is 5.91 Å². The number of carbonyl (C=O) groups excluding carboxylic acids is 1. The Hall–Kier alpha value is -0.650. The zero-order valence-corrected chi connectivity index (χ0v) is 9.01. The highest BCUT2D eigenvalue weighted by Gasteiger charge is 2.10. The number of likely N-dealkylation sites (N-methyl/N-ethyl adjacent to an activating group) is 1. The summed E-state index contributed by atoms with van der Waals surface area (Å²) in [6.07, 6.45) is 2.71. The van der Waals surface area contributed by atoms with Gasteiger partial charge in [-0.1, -0.05) is 6.42 Å². The number of amides is 1. The highest BCUT2D eigenvalue weighted by Crippen LogP contribution is 1.99. The lowest BCUT2D eigenvalue weighted by Crippen LogP contribution is -2.39. The second kappa shape index (κ2) is 8.93. The smallest absolute Gasteiger partial charge is 0.234 e. The third-order valence-corrected chi connectivity index (χ3v) is 1.96. The Morgan fingerprint density at radius 1 is 1.50 bits per heavy atom. The zero-order chi connectivity index (χ0) is 10.8. The first-order valence-electron chi connectivity index (χ1n) is 5.03. The molecule has 0 aromatic rings. The number of hydrogen-bond acceptors (Lipinski definition) is 4. The van der Waals surface area contributed by atoms with E-state index in [1.165, 1.54) is 0 Å². The van der Waals surface area contributed by atoms with Crippen molar-refractivity contribution >= 4 is 5.91 Å². The molecular formula is C9H21N3O2. The van der Waals surface area contributed by atoms with E-state index in [-0.39, 0.29) is 11.9 Å². The fourth-order valence-corrected chi connectivity index (χ4v) is 1.15. The van der Waals surface area contributed by atoms with Crippen LogP contribution in [0.5, 0.6) is 0 Å². The monoisotopic (exact) mass is 203 g/mol. The molecule has 1 atom stereocenters. The number of carbonyl (C=O) groups is 1. The highest BCUT2D eigenvalue weighted by molar-refractivity contribution is 5.79. The maximum Gasteiger partial charge on any atom is 0.234 e. The number of hydrogen-bond donors (Lipinski definition) is 3. The van der Waals surface area contributed by atoms with Gasteiger partial charge in [-0.3, -0.25) is 4.79 Å². The number of rotatable bonds is 9. The van der Waals surface area contributed by atoms with Gasteiger partial charge in [-0.05, 0) is 26.8 Å². The van der Waals surface area contributed by atoms with Crippen LogP contribution in [0.1, 0.15) is 26.2 Å². The molecule has 0 saturated heterocycles. The third-order valence-electron chi connectivity index (χ3n) is 1.96. The van der Waals surface area contributed by atoms with Gasteiger partial charge in [-0.25, -0.2) is 5.48 Å². The number of primary amides is 1. The molecule has 0 aromatic carbocycles. The van der Waals surface area contributed by atoms with Crippen LogP contribution < -0.4 is 16.5 Å². The molecule has 0 saturated carbocycles. The molecule has 5 nitrogen and oxygen atoms in total. The lowest BCUT2D eigenvalue weighted by molar-refractivity contribution is -0.120. The molecule has 0 bridgehead atoms. The zero-order valence-electron chi connectivity index (χ0n) is 9.01. The first kappa shape index (κ1) is 13.4. The summed E-state index contributed by atoms with van der Waals surface area (Å²) in [4.78, 5) is 15.8. The number of nitrogens with one attached hydrogen (secondary N) is 2. The summed E-state index contributed by atoms with van der Waals surface area (Å²) >= 11 is 0. The molecule has 1 unspecified atom stereocenters. The largest absolute Gasteiger partial charge is 0.368 e. The van der Waals surface area contributed by atoms with Crippen molar-refractivity contribution in [3.63, 3.8) is 0 Å². The van der Waals surface area contributed by atoms with E-state index >= 15 is 0 Å². The van der Waals surface area contributed by atoms with Gasteiger partial charge in [0.25, 0.3) is 0 Å². The van der Waals surface area contributed by atoms with Gasteiger partial charge in [0, 0.05) is 6.54 Å². The lowest BCUT2D eigenvalue weighted by atomic mass is 10.1. The molecule has 4 N–H and O–H groups in total. The molecule has 0 aliphatic carbocycles. The van der Waals surface area contributed by atoms with Gasteiger partial charge < -0.3 is 15.9 Å². The molecule has 0 aromatic heterocycles. The van der Waals surface area contributed by atoms with Crippen molar-refractivity contribution in [3.05, 3.63) is 0 Å². The Bertz CT molecular complexity index is 153. The van der Waals surface area contributed by atoms with E-state index in [0.29, 0.717) is 6.61 Å². The summed E-state index contributed by atoms with van der Waals surface area (Å²) in [5.41, 5.74) is 7.99. The normalized spacial score (nSPS) is 12.7. The van der Waals surface area contributed by atoms with E-state index in [2.05, 4.69) is 10.8 Å². The van der Waals surface area contributed by atoms with Crippen molar-refractivity contribution in [2.24, 2.45) is 5.73 Å². The average Bonchev–Trinajstić information content (AvgIpc) is 2.16. The Morgan fingerprint density at radius 3 is 2.71 bits per heavy atom. The van der Waals surface area contributed by atoms with Crippen molar-refractivity contribution in [2.45, 2.75) is 32.2 Å². The first-order valence-corrected chi connectivity index (χ1v) is 5.03. The van der Waals surface area contributed by atoms with E-state index in [1.54, 1.807) is 7.05 Å². The molecule has 14 heavy (non-hydrogen) atoms. The summed E-state index contributed by atoms with van der Waals surface area (Å²) in [5.74, 6) is -0.287. The quantitative estimate of drug-likeness (QED) is 0.357. The SMILES string of the molecule is CCONCCCCC(NC)C(N)=O. The summed E-state index contributed by atoms with van der Waals surface area (Å²) in [5, 5.41) is 2.88. The average molecular weight is 203 g/mol. The van der Waals surface area contributed by atoms with Crippen LogP contribution in [0.4, 0.5) is 0 Å². The summed E-state index contributed by atoms with van der Waals surface area (Å²) in [6.45, 7) is 3.40. The van der Waals surface area contributed by atoms with Gasteiger partial charge >= 0.3 is 0 Å². The van der Waals surface area contributed by atoms with Crippen LogP contribution in [0.2, 0.25) is 0 Å². The molecule has 1 amide bonds. The topological polar surface area (TPSA) is 76.4 Å². The molecule has 5 heteroatoms. The van der Waals surface area contributed by atoms with Crippen LogP contribution >= 0.6 is 0 Å². The van der Waals surface area contributed by atoms with Crippen molar-refractivity contribution in [1.29, 1.82) is 0 Å². The van der Waals surface area contributed by atoms with Crippen molar-refractivity contribution < 1.29 is 9.63 Å². The minimum atomic E-state index is -0.287. The predicted octanol–water partition coefficient (Wildman–Crippen LogP) is -0.229. The van der Waals surface area contributed by atoms with Crippen molar-refractivity contribution in [1.82, 2.24) is 10.8 Å². The van der Waals surface area contributed by atoms with E-state index in [0.717, 1.165) is 25.8 Å². The van der Waals surface area contributed by atoms with Crippen molar-refractivity contribution in [2.75, 3.05) is 20.2 Å². The van der Waals surface area contributed by atoms with E-state index in [9.17, 15) is 4.79 Å². The molecule has 0 rings (SSSR count). The minimum absolute atomic E-state index is 0.206. The maximum absolute atomic E-state index is 10.8. The highest BCUT2D eigenvalue weighted by atomic mass is 16.6. The molecule has 0 radical (unpaired) electrons. The minimum Gasteiger partial charge on any atom is -0.368 e. The standard InChI is InChI=1S/C9H21N3O2/c1-3-14-12-7-5-4-6-8(11-2)9(10)13/h8,11-12H,3-7H2,1-2H3,(H2,10,13). The fourth-order valence-electron chi connectivity index (χ4n) is 1.15. The van der Waals surface area contributed by atoms with E-state index in [4.69, 9.17) is 10.6 Å². The third kappa shape index (κ3) is 6.82. The molecule has 0 fully saturated rings. The maximum atomic E-state index is 10.8. The van der Waals surface area contributed by atoms with Crippen LogP contribution in [0.15, 0.2) is 0 Å². The predicted molar refractivity (Wildman–Crippen MR) is 55.5 cm³/mol. The Balaban J connectivity index is 3.29. The second-order valence-corrected chi connectivity index (χ2v) is 3.07. The van der Waals surface area contributed by atoms with Gasteiger partial charge in [-0.15, -0.1) is 0 Å². The molecule has 84 valence electrons. The van der Waals surface area contributed by atoms with Crippen LogP contribution in [-0.2, 0) is 9.63 Å². The Labute approximate surface area is 85.3 Å². The molecule has 0 aliphatic heterocycles. The van der Waals surface area contributed by atoms with Crippen LogP contribution in [-0.4, -0.2) is 32.1 Å². The first-order chi connectivity index (χ1) is 6.72.